The van der Waals surface area contributed by atoms with Crippen molar-refractivity contribution >= 4 is 23.2 Å². The lowest BCUT2D eigenvalue weighted by molar-refractivity contribution is 0.220. The topological polar surface area (TPSA) is 20.2 Å². The second-order valence-electron chi connectivity index (χ2n) is 6.63. The Labute approximate surface area is 174 Å². The number of hydrogen-bond acceptors (Lipinski definition) is 1. The van der Waals surface area contributed by atoms with Crippen LogP contribution in [0, 0.1) is 0 Å². The third-order valence-corrected chi connectivity index (χ3v) is 5.37. The monoisotopic (exact) mass is 404 g/mol. The summed E-state index contributed by atoms with van der Waals surface area (Å²) >= 11 is 12.2. The molecule has 4 aromatic carbocycles. The van der Waals surface area contributed by atoms with Crippen LogP contribution >= 0.6 is 23.2 Å². The van der Waals surface area contributed by atoms with Crippen LogP contribution in [0.5, 0.6) is 0 Å². The predicted octanol–water partition coefficient (Wildman–Crippen LogP) is 7.41. The van der Waals surface area contributed by atoms with Gasteiger partial charge in [-0.1, -0.05) is 108 Å². The zero-order valence-electron chi connectivity index (χ0n) is 15.0. The van der Waals surface area contributed by atoms with E-state index >= 15 is 0 Å². The molecule has 0 heterocycles. The standard InChI is InChI=1S/C25H18Cl2O/c26-22-14-15-23(24(27)16-22)25(28)21-12-10-20(11-13-21)19-8-6-18(7-9-19)17-4-2-1-3-5-17/h1-16,25,28H/t25-/m0/s1. The van der Waals surface area contributed by atoms with Gasteiger partial charge in [0.15, 0.2) is 0 Å². The Kier molecular flexibility index (Phi) is 5.50. The molecule has 0 saturated heterocycles. The van der Waals surface area contributed by atoms with Crippen molar-refractivity contribution in [1.29, 1.82) is 0 Å². The summed E-state index contributed by atoms with van der Waals surface area (Å²) < 4.78 is 0. The van der Waals surface area contributed by atoms with E-state index in [2.05, 4.69) is 36.4 Å². The van der Waals surface area contributed by atoms with Crippen LogP contribution in [0.1, 0.15) is 17.2 Å². The molecule has 28 heavy (non-hydrogen) atoms. The van der Waals surface area contributed by atoms with Crippen molar-refractivity contribution in [3.05, 3.63) is 118 Å². The largest absolute Gasteiger partial charge is 0.384 e. The van der Waals surface area contributed by atoms with Crippen molar-refractivity contribution in [2.75, 3.05) is 0 Å². The fourth-order valence-corrected chi connectivity index (χ4v) is 3.76. The van der Waals surface area contributed by atoms with Crippen LogP contribution in [0.15, 0.2) is 97.1 Å². The van der Waals surface area contributed by atoms with Crippen LogP contribution in [0.4, 0.5) is 0 Å². The first-order valence-electron chi connectivity index (χ1n) is 9.00. The highest BCUT2D eigenvalue weighted by Crippen LogP contribution is 2.32. The summed E-state index contributed by atoms with van der Waals surface area (Å²) in [5.41, 5.74) is 6.05. The maximum absolute atomic E-state index is 10.7. The molecule has 0 unspecified atom stereocenters. The Bertz CT molecular complexity index is 1070. The number of rotatable bonds is 4. The molecule has 0 saturated carbocycles. The summed E-state index contributed by atoms with van der Waals surface area (Å²) in [7, 11) is 0. The Morgan fingerprint density at radius 3 is 1.61 bits per heavy atom. The summed E-state index contributed by atoms with van der Waals surface area (Å²) in [5, 5.41) is 11.7. The van der Waals surface area contributed by atoms with Crippen LogP contribution in [0.2, 0.25) is 10.0 Å². The van der Waals surface area contributed by atoms with Gasteiger partial charge >= 0.3 is 0 Å². The molecule has 4 rings (SSSR count). The molecular formula is C25H18Cl2O. The number of aliphatic hydroxyl groups is 1. The van der Waals surface area contributed by atoms with E-state index in [0.29, 0.717) is 15.6 Å². The quantitative estimate of drug-likeness (QED) is 0.375. The predicted molar refractivity (Wildman–Crippen MR) is 118 cm³/mol. The molecule has 138 valence electrons. The zero-order chi connectivity index (χ0) is 19.5. The van der Waals surface area contributed by atoms with Gasteiger partial charge in [-0.05, 0) is 39.9 Å². The minimum Gasteiger partial charge on any atom is -0.384 e. The van der Waals surface area contributed by atoms with E-state index < -0.39 is 6.10 Å². The highest BCUT2D eigenvalue weighted by molar-refractivity contribution is 6.35. The maximum Gasteiger partial charge on any atom is 0.105 e. The van der Waals surface area contributed by atoms with Crippen molar-refractivity contribution < 1.29 is 5.11 Å². The van der Waals surface area contributed by atoms with Gasteiger partial charge in [-0.2, -0.15) is 0 Å². The van der Waals surface area contributed by atoms with Crippen LogP contribution in [-0.4, -0.2) is 5.11 Å². The van der Waals surface area contributed by atoms with Crippen LogP contribution in [0.25, 0.3) is 22.3 Å². The van der Waals surface area contributed by atoms with Gasteiger partial charge in [0.1, 0.15) is 6.10 Å². The number of halogens is 2. The van der Waals surface area contributed by atoms with E-state index in [9.17, 15) is 5.11 Å². The summed E-state index contributed by atoms with van der Waals surface area (Å²) in [6, 6.07) is 31.8. The lowest BCUT2D eigenvalue weighted by Gasteiger charge is -2.14. The molecule has 0 aliphatic rings. The van der Waals surface area contributed by atoms with Gasteiger partial charge in [0, 0.05) is 15.6 Å². The average Bonchev–Trinajstić information content (AvgIpc) is 2.74. The Morgan fingerprint density at radius 1 is 0.571 bits per heavy atom. The summed E-state index contributed by atoms with van der Waals surface area (Å²) in [4.78, 5) is 0. The van der Waals surface area contributed by atoms with Crippen molar-refractivity contribution in [2.24, 2.45) is 0 Å². The van der Waals surface area contributed by atoms with Gasteiger partial charge < -0.3 is 5.11 Å². The first-order valence-corrected chi connectivity index (χ1v) is 9.76. The summed E-state index contributed by atoms with van der Waals surface area (Å²) in [6.45, 7) is 0. The van der Waals surface area contributed by atoms with Crippen LogP contribution < -0.4 is 0 Å². The van der Waals surface area contributed by atoms with E-state index in [4.69, 9.17) is 23.2 Å². The van der Waals surface area contributed by atoms with Gasteiger partial charge in [0.2, 0.25) is 0 Å². The molecule has 0 bridgehead atoms. The minimum absolute atomic E-state index is 0.459. The van der Waals surface area contributed by atoms with Gasteiger partial charge in [-0.25, -0.2) is 0 Å². The molecule has 4 aromatic rings. The third kappa shape index (κ3) is 3.98. The van der Waals surface area contributed by atoms with Crippen LogP contribution in [-0.2, 0) is 0 Å². The average molecular weight is 405 g/mol. The van der Waals surface area contributed by atoms with Gasteiger partial charge in [-0.15, -0.1) is 0 Å². The van der Waals surface area contributed by atoms with Crippen molar-refractivity contribution in [3.8, 4) is 22.3 Å². The third-order valence-electron chi connectivity index (χ3n) is 4.81. The molecule has 0 aromatic heterocycles. The molecule has 1 atom stereocenters. The Balaban J connectivity index is 1.56. The summed E-state index contributed by atoms with van der Waals surface area (Å²) in [5.74, 6) is 0. The number of aliphatic hydroxyl groups excluding tert-OH is 1. The van der Waals surface area contributed by atoms with E-state index in [-0.39, 0.29) is 0 Å². The molecule has 0 radical (unpaired) electrons. The Morgan fingerprint density at radius 2 is 1.07 bits per heavy atom. The molecule has 0 aliphatic heterocycles. The number of hydrogen-bond donors (Lipinski definition) is 1. The van der Waals surface area contributed by atoms with Gasteiger partial charge in [-0.3, -0.25) is 0 Å². The smallest absolute Gasteiger partial charge is 0.105 e. The lowest BCUT2D eigenvalue weighted by atomic mass is 9.97. The van der Waals surface area contributed by atoms with Crippen LogP contribution in [0.3, 0.4) is 0 Å². The molecular weight excluding hydrogens is 387 g/mol. The van der Waals surface area contributed by atoms with Crippen molar-refractivity contribution in [1.82, 2.24) is 0 Å². The molecule has 1 nitrogen and oxygen atoms in total. The molecule has 3 heteroatoms. The molecule has 0 amide bonds. The van der Waals surface area contributed by atoms with Crippen molar-refractivity contribution in [3.63, 3.8) is 0 Å². The second-order valence-corrected chi connectivity index (χ2v) is 7.48. The molecule has 0 aliphatic carbocycles. The van der Waals surface area contributed by atoms with E-state index in [0.717, 1.165) is 16.7 Å². The van der Waals surface area contributed by atoms with E-state index in [1.54, 1.807) is 18.2 Å². The highest BCUT2D eigenvalue weighted by Gasteiger charge is 2.14. The Hall–Kier alpha value is -2.58. The SMILES string of the molecule is O[C@@H](c1ccc(-c2ccc(-c3ccccc3)cc2)cc1)c1ccc(Cl)cc1Cl. The zero-order valence-corrected chi connectivity index (χ0v) is 16.5. The first-order chi connectivity index (χ1) is 13.6. The molecule has 0 spiro atoms. The van der Waals surface area contributed by atoms with Gasteiger partial charge in [0.05, 0.1) is 0 Å². The fraction of sp³-hybridized carbons (Fsp3) is 0.0400. The number of benzene rings is 4. The minimum atomic E-state index is -0.792. The lowest BCUT2D eigenvalue weighted by Crippen LogP contribution is -2.00. The molecule has 1 N–H and O–H groups in total. The second kappa shape index (κ2) is 8.20. The molecule has 0 fully saturated rings. The maximum atomic E-state index is 10.7. The van der Waals surface area contributed by atoms with E-state index in [1.807, 2.05) is 42.5 Å². The van der Waals surface area contributed by atoms with Gasteiger partial charge in [0.25, 0.3) is 0 Å². The normalized spacial score (nSPS) is 12.0. The summed E-state index contributed by atoms with van der Waals surface area (Å²) in [6.07, 6.45) is -0.792. The first kappa shape index (κ1) is 18.8. The fourth-order valence-electron chi connectivity index (χ4n) is 3.25. The van der Waals surface area contributed by atoms with Crippen molar-refractivity contribution in [2.45, 2.75) is 6.10 Å². The highest BCUT2D eigenvalue weighted by atomic mass is 35.5. The van der Waals surface area contributed by atoms with E-state index in [1.165, 1.54) is 11.1 Å².